The van der Waals surface area contributed by atoms with Crippen molar-refractivity contribution in [2.45, 2.75) is 18.2 Å². The summed E-state index contributed by atoms with van der Waals surface area (Å²) in [5.74, 6) is 0.312. The van der Waals surface area contributed by atoms with E-state index < -0.39 is 0 Å². The van der Waals surface area contributed by atoms with Gasteiger partial charge in [0.25, 0.3) is 0 Å². The number of rotatable bonds is 5. The Morgan fingerprint density at radius 3 is 2.52 bits per heavy atom. The van der Waals surface area contributed by atoms with E-state index in [0.29, 0.717) is 10.8 Å². The molecule has 0 aliphatic carbocycles. The first kappa shape index (κ1) is 18.0. The number of thiazole rings is 1. The van der Waals surface area contributed by atoms with E-state index in [9.17, 15) is 4.79 Å². The third kappa shape index (κ3) is 4.63. The van der Waals surface area contributed by atoms with Gasteiger partial charge in [-0.05, 0) is 37.1 Å². The minimum absolute atomic E-state index is 0.0226. The monoisotopic (exact) mass is 388 g/mol. The van der Waals surface area contributed by atoms with E-state index in [4.69, 9.17) is 11.6 Å². The van der Waals surface area contributed by atoms with Crippen LogP contribution < -0.4 is 5.32 Å². The molecule has 0 fully saturated rings. The molecule has 1 heterocycles. The van der Waals surface area contributed by atoms with E-state index in [-0.39, 0.29) is 5.91 Å². The number of aryl methyl sites for hydroxylation is 2. The van der Waals surface area contributed by atoms with Crippen molar-refractivity contribution in [3.05, 3.63) is 64.0 Å². The maximum absolute atomic E-state index is 12.2. The van der Waals surface area contributed by atoms with Crippen molar-refractivity contribution in [1.82, 2.24) is 4.98 Å². The van der Waals surface area contributed by atoms with E-state index in [1.54, 1.807) is 11.3 Å². The SMILES string of the molecule is Cc1cccc(C)c1NC(=O)CSc1nc(-c2ccc(Cl)cc2)cs1. The summed E-state index contributed by atoms with van der Waals surface area (Å²) in [6, 6.07) is 13.6. The summed E-state index contributed by atoms with van der Waals surface area (Å²) in [5.41, 5.74) is 4.95. The van der Waals surface area contributed by atoms with E-state index in [1.165, 1.54) is 11.8 Å². The first-order chi connectivity index (χ1) is 12.0. The lowest BCUT2D eigenvalue weighted by molar-refractivity contribution is -0.113. The molecule has 0 unspecified atom stereocenters. The Morgan fingerprint density at radius 2 is 1.84 bits per heavy atom. The normalized spacial score (nSPS) is 10.7. The number of thioether (sulfide) groups is 1. The Bertz CT molecular complexity index is 870. The molecule has 1 amide bonds. The van der Waals surface area contributed by atoms with Crippen LogP contribution in [0.25, 0.3) is 11.3 Å². The zero-order valence-corrected chi connectivity index (χ0v) is 16.3. The fourth-order valence-corrected chi connectivity index (χ4v) is 4.15. The van der Waals surface area contributed by atoms with Crippen LogP contribution in [-0.4, -0.2) is 16.6 Å². The summed E-state index contributed by atoms with van der Waals surface area (Å²) in [6.45, 7) is 3.99. The second-order valence-corrected chi connectivity index (χ2v) is 8.13. The molecule has 0 aliphatic rings. The van der Waals surface area contributed by atoms with Crippen molar-refractivity contribution in [3.8, 4) is 11.3 Å². The second kappa shape index (κ2) is 8.04. The predicted octanol–water partition coefficient (Wildman–Crippen LogP) is 5.81. The second-order valence-electron chi connectivity index (χ2n) is 5.61. The molecule has 0 saturated carbocycles. The number of nitrogens with zero attached hydrogens (tertiary/aromatic N) is 1. The lowest BCUT2D eigenvalue weighted by Crippen LogP contribution is -2.15. The van der Waals surface area contributed by atoms with E-state index in [0.717, 1.165) is 32.4 Å². The smallest absolute Gasteiger partial charge is 0.234 e. The zero-order chi connectivity index (χ0) is 17.8. The molecule has 0 aliphatic heterocycles. The van der Waals surface area contributed by atoms with Gasteiger partial charge in [-0.1, -0.05) is 53.7 Å². The lowest BCUT2D eigenvalue weighted by Gasteiger charge is -2.10. The van der Waals surface area contributed by atoms with Gasteiger partial charge in [0.1, 0.15) is 0 Å². The number of carbonyl (C=O) groups excluding carboxylic acids is 1. The average Bonchev–Trinajstić information content (AvgIpc) is 3.06. The Kier molecular flexibility index (Phi) is 5.78. The summed E-state index contributed by atoms with van der Waals surface area (Å²) >= 11 is 8.90. The van der Waals surface area contributed by atoms with Gasteiger partial charge in [0, 0.05) is 21.7 Å². The Morgan fingerprint density at radius 1 is 1.16 bits per heavy atom. The summed E-state index contributed by atoms with van der Waals surface area (Å²) in [4.78, 5) is 16.8. The van der Waals surface area contributed by atoms with Gasteiger partial charge in [-0.2, -0.15) is 0 Å². The van der Waals surface area contributed by atoms with Gasteiger partial charge in [0.15, 0.2) is 4.34 Å². The van der Waals surface area contributed by atoms with Gasteiger partial charge >= 0.3 is 0 Å². The Balaban J connectivity index is 1.60. The molecule has 0 bridgehead atoms. The van der Waals surface area contributed by atoms with Crippen molar-refractivity contribution >= 4 is 46.3 Å². The molecule has 0 atom stereocenters. The van der Waals surface area contributed by atoms with Crippen molar-refractivity contribution < 1.29 is 4.79 Å². The third-order valence-electron chi connectivity index (χ3n) is 3.70. The quantitative estimate of drug-likeness (QED) is 0.560. The Hall–Kier alpha value is -1.82. The summed E-state index contributed by atoms with van der Waals surface area (Å²) in [7, 11) is 0. The number of para-hydroxylation sites is 1. The van der Waals surface area contributed by atoms with Gasteiger partial charge in [0.2, 0.25) is 5.91 Å². The van der Waals surface area contributed by atoms with Gasteiger partial charge in [-0.15, -0.1) is 11.3 Å². The topological polar surface area (TPSA) is 42.0 Å². The molecule has 3 nitrogen and oxygen atoms in total. The molecule has 25 heavy (non-hydrogen) atoms. The van der Waals surface area contributed by atoms with Crippen molar-refractivity contribution in [2.75, 3.05) is 11.1 Å². The average molecular weight is 389 g/mol. The molecule has 1 N–H and O–H groups in total. The molecule has 2 aromatic carbocycles. The maximum atomic E-state index is 12.2. The number of anilines is 1. The number of nitrogens with one attached hydrogen (secondary N) is 1. The van der Waals surface area contributed by atoms with Crippen LogP contribution in [-0.2, 0) is 4.79 Å². The number of hydrogen-bond donors (Lipinski definition) is 1. The first-order valence-corrected chi connectivity index (χ1v) is 9.97. The highest BCUT2D eigenvalue weighted by molar-refractivity contribution is 8.01. The fourth-order valence-electron chi connectivity index (χ4n) is 2.39. The summed E-state index contributed by atoms with van der Waals surface area (Å²) < 4.78 is 0.876. The molecular weight excluding hydrogens is 372 g/mol. The highest BCUT2D eigenvalue weighted by atomic mass is 35.5. The van der Waals surface area contributed by atoms with Crippen LogP contribution in [0.5, 0.6) is 0 Å². The molecule has 3 rings (SSSR count). The van der Waals surface area contributed by atoms with Gasteiger partial charge < -0.3 is 5.32 Å². The van der Waals surface area contributed by atoms with Crippen molar-refractivity contribution in [1.29, 1.82) is 0 Å². The number of hydrogen-bond acceptors (Lipinski definition) is 4. The van der Waals surface area contributed by atoms with Gasteiger partial charge in [0.05, 0.1) is 11.4 Å². The van der Waals surface area contributed by atoms with Crippen LogP contribution in [0.15, 0.2) is 52.2 Å². The van der Waals surface area contributed by atoms with E-state index in [2.05, 4.69) is 10.3 Å². The molecule has 0 radical (unpaired) electrons. The molecule has 0 saturated heterocycles. The first-order valence-electron chi connectivity index (χ1n) is 7.73. The predicted molar refractivity (Wildman–Crippen MR) is 108 cm³/mol. The number of aromatic nitrogens is 1. The minimum atomic E-state index is -0.0226. The van der Waals surface area contributed by atoms with Crippen molar-refractivity contribution in [3.63, 3.8) is 0 Å². The van der Waals surface area contributed by atoms with Crippen LogP contribution in [0.2, 0.25) is 5.02 Å². The molecular formula is C19H17ClN2OS2. The fraction of sp³-hybridized carbons (Fsp3) is 0.158. The van der Waals surface area contributed by atoms with E-state index >= 15 is 0 Å². The Labute approximate surface area is 160 Å². The number of benzene rings is 2. The zero-order valence-electron chi connectivity index (χ0n) is 13.9. The van der Waals surface area contributed by atoms with Gasteiger partial charge in [-0.3, -0.25) is 4.79 Å². The number of halogens is 1. The standard InChI is InChI=1S/C19H17ClN2OS2/c1-12-4-3-5-13(2)18(12)22-17(23)11-25-19-21-16(10-24-19)14-6-8-15(20)9-7-14/h3-10H,11H2,1-2H3,(H,22,23). The molecule has 1 aromatic heterocycles. The highest BCUT2D eigenvalue weighted by Gasteiger charge is 2.10. The summed E-state index contributed by atoms with van der Waals surface area (Å²) in [6.07, 6.45) is 0. The van der Waals surface area contributed by atoms with Gasteiger partial charge in [-0.25, -0.2) is 4.98 Å². The molecule has 3 aromatic rings. The largest absolute Gasteiger partial charge is 0.325 e. The molecule has 128 valence electrons. The number of carbonyl (C=O) groups is 1. The lowest BCUT2D eigenvalue weighted by atomic mass is 10.1. The van der Waals surface area contributed by atoms with Crippen LogP contribution >= 0.6 is 34.7 Å². The van der Waals surface area contributed by atoms with Crippen LogP contribution in [0.3, 0.4) is 0 Å². The maximum Gasteiger partial charge on any atom is 0.234 e. The highest BCUT2D eigenvalue weighted by Crippen LogP contribution is 2.29. The van der Waals surface area contributed by atoms with Crippen molar-refractivity contribution in [2.24, 2.45) is 0 Å². The minimum Gasteiger partial charge on any atom is -0.325 e. The third-order valence-corrected chi connectivity index (χ3v) is 5.97. The summed E-state index contributed by atoms with van der Waals surface area (Å²) in [5, 5.41) is 5.70. The number of amides is 1. The van der Waals surface area contributed by atoms with Crippen LogP contribution in [0, 0.1) is 13.8 Å². The molecule has 0 spiro atoms. The van der Waals surface area contributed by atoms with Crippen LogP contribution in [0.4, 0.5) is 5.69 Å². The van der Waals surface area contributed by atoms with E-state index in [1.807, 2.05) is 61.7 Å². The van der Waals surface area contributed by atoms with Crippen LogP contribution in [0.1, 0.15) is 11.1 Å². The molecule has 6 heteroatoms.